The third-order valence-electron chi connectivity index (χ3n) is 2.33. The molecule has 0 unspecified atom stereocenters. The Morgan fingerprint density at radius 2 is 2.17 bits per heavy atom. The molecular weight excluding hydrogens is 254 g/mol. The SMILES string of the molecule is COCC(=O)Nc1[nH]ncc1-c1ccc(Cl)cc1. The zero-order valence-corrected chi connectivity index (χ0v) is 10.5. The summed E-state index contributed by atoms with van der Waals surface area (Å²) in [6.45, 7) is -0.000915. The van der Waals surface area contributed by atoms with E-state index < -0.39 is 0 Å². The van der Waals surface area contributed by atoms with E-state index in [1.807, 2.05) is 12.1 Å². The molecule has 0 saturated heterocycles. The van der Waals surface area contributed by atoms with Crippen molar-refractivity contribution >= 4 is 23.3 Å². The molecule has 2 N–H and O–H groups in total. The fourth-order valence-electron chi connectivity index (χ4n) is 1.54. The van der Waals surface area contributed by atoms with Gasteiger partial charge in [-0.2, -0.15) is 5.10 Å². The van der Waals surface area contributed by atoms with Crippen molar-refractivity contribution in [3.8, 4) is 11.1 Å². The molecule has 0 saturated carbocycles. The van der Waals surface area contributed by atoms with Crippen molar-refractivity contribution in [2.45, 2.75) is 0 Å². The van der Waals surface area contributed by atoms with E-state index >= 15 is 0 Å². The molecule has 0 radical (unpaired) electrons. The van der Waals surface area contributed by atoms with Gasteiger partial charge in [0, 0.05) is 17.7 Å². The highest BCUT2D eigenvalue weighted by Gasteiger charge is 2.10. The third kappa shape index (κ3) is 2.88. The Labute approximate surface area is 109 Å². The van der Waals surface area contributed by atoms with Crippen molar-refractivity contribution in [3.05, 3.63) is 35.5 Å². The van der Waals surface area contributed by atoms with Crippen LogP contribution in [0.5, 0.6) is 0 Å². The third-order valence-corrected chi connectivity index (χ3v) is 2.59. The van der Waals surface area contributed by atoms with Crippen molar-refractivity contribution < 1.29 is 9.53 Å². The Morgan fingerprint density at radius 3 is 2.83 bits per heavy atom. The number of carbonyl (C=O) groups is 1. The van der Waals surface area contributed by atoms with Gasteiger partial charge >= 0.3 is 0 Å². The van der Waals surface area contributed by atoms with Crippen LogP contribution in [0.15, 0.2) is 30.5 Å². The van der Waals surface area contributed by atoms with Crippen molar-refractivity contribution in [2.75, 3.05) is 19.0 Å². The lowest BCUT2D eigenvalue weighted by Crippen LogP contribution is -2.17. The van der Waals surface area contributed by atoms with Gasteiger partial charge in [0.15, 0.2) is 0 Å². The number of anilines is 1. The molecule has 1 heterocycles. The van der Waals surface area contributed by atoms with Crippen molar-refractivity contribution in [2.24, 2.45) is 0 Å². The molecule has 1 aromatic heterocycles. The van der Waals surface area contributed by atoms with Crippen molar-refractivity contribution in [3.63, 3.8) is 0 Å². The minimum atomic E-state index is -0.239. The predicted molar refractivity (Wildman–Crippen MR) is 69.5 cm³/mol. The van der Waals surface area contributed by atoms with Gasteiger partial charge in [-0.15, -0.1) is 0 Å². The number of amides is 1. The van der Waals surface area contributed by atoms with Gasteiger partial charge in [0.2, 0.25) is 0 Å². The lowest BCUT2D eigenvalue weighted by Gasteiger charge is -2.05. The fraction of sp³-hybridized carbons (Fsp3) is 0.167. The second kappa shape index (κ2) is 5.66. The summed E-state index contributed by atoms with van der Waals surface area (Å²) in [5.41, 5.74) is 1.72. The summed E-state index contributed by atoms with van der Waals surface area (Å²) in [6, 6.07) is 7.29. The largest absolute Gasteiger partial charge is 0.375 e. The quantitative estimate of drug-likeness (QED) is 0.891. The number of halogens is 1. The topological polar surface area (TPSA) is 67.0 Å². The highest BCUT2D eigenvalue weighted by atomic mass is 35.5. The van der Waals surface area contributed by atoms with Gasteiger partial charge in [0.25, 0.3) is 5.91 Å². The van der Waals surface area contributed by atoms with Crippen LogP contribution in [0, 0.1) is 0 Å². The highest BCUT2D eigenvalue weighted by Crippen LogP contribution is 2.26. The molecule has 2 aromatic rings. The smallest absolute Gasteiger partial charge is 0.251 e. The van der Waals surface area contributed by atoms with Crippen LogP contribution in [0.25, 0.3) is 11.1 Å². The zero-order chi connectivity index (χ0) is 13.0. The fourth-order valence-corrected chi connectivity index (χ4v) is 1.66. The molecule has 6 heteroatoms. The van der Waals surface area contributed by atoms with Crippen LogP contribution in [-0.2, 0) is 9.53 Å². The average Bonchev–Trinajstić information content (AvgIpc) is 2.78. The lowest BCUT2D eigenvalue weighted by molar-refractivity contribution is -0.119. The maximum atomic E-state index is 11.4. The summed E-state index contributed by atoms with van der Waals surface area (Å²) < 4.78 is 4.75. The molecule has 0 atom stereocenters. The number of benzene rings is 1. The molecule has 18 heavy (non-hydrogen) atoms. The number of hydrogen-bond donors (Lipinski definition) is 2. The summed E-state index contributed by atoms with van der Waals surface area (Å²) in [4.78, 5) is 11.4. The first kappa shape index (κ1) is 12.6. The molecule has 94 valence electrons. The molecule has 1 amide bonds. The number of methoxy groups -OCH3 is 1. The predicted octanol–water partition coefficient (Wildman–Crippen LogP) is 2.31. The van der Waals surface area contributed by atoms with Crippen LogP contribution in [0.4, 0.5) is 5.82 Å². The van der Waals surface area contributed by atoms with Crippen LogP contribution >= 0.6 is 11.6 Å². The Hall–Kier alpha value is -1.85. The van der Waals surface area contributed by atoms with Crippen LogP contribution in [-0.4, -0.2) is 29.8 Å². The summed E-state index contributed by atoms with van der Waals surface area (Å²) >= 11 is 5.83. The Morgan fingerprint density at radius 1 is 1.44 bits per heavy atom. The first-order valence-corrected chi connectivity index (χ1v) is 5.66. The number of aromatic amines is 1. The normalized spacial score (nSPS) is 10.3. The summed E-state index contributed by atoms with van der Waals surface area (Å²) in [7, 11) is 1.46. The van der Waals surface area contributed by atoms with Gasteiger partial charge in [-0.25, -0.2) is 0 Å². The number of aromatic nitrogens is 2. The van der Waals surface area contributed by atoms with Crippen molar-refractivity contribution in [1.82, 2.24) is 10.2 Å². The molecule has 0 aliphatic carbocycles. The molecule has 0 aliphatic heterocycles. The highest BCUT2D eigenvalue weighted by molar-refractivity contribution is 6.30. The van der Waals surface area contributed by atoms with Crippen LogP contribution in [0.3, 0.4) is 0 Å². The number of nitrogens with zero attached hydrogens (tertiary/aromatic N) is 1. The molecule has 1 aromatic carbocycles. The van der Waals surface area contributed by atoms with Gasteiger partial charge in [0.1, 0.15) is 12.4 Å². The van der Waals surface area contributed by atoms with Crippen LogP contribution < -0.4 is 5.32 Å². The van der Waals surface area contributed by atoms with E-state index in [0.29, 0.717) is 10.8 Å². The average molecular weight is 266 g/mol. The maximum absolute atomic E-state index is 11.4. The maximum Gasteiger partial charge on any atom is 0.251 e. The first-order valence-electron chi connectivity index (χ1n) is 5.29. The lowest BCUT2D eigenvalue weighted by atomic mass is 10.1. The summed E-state index contributed by atoms with van der Waals surface area (Å²) in [6.07, 6.45) is 1.64. The number of carbonyl (C=O) groups excluding carboxylic acids is 1. The van der Waals surface area contributed by atoms with Crippen LogP contribution in [0.1, 0.15) is 0 Å². The molecule has 0 bridgehead atoms. The monoisotopic (exact) mass is 265 g/mol. The van der Waals surface area contributed by atoms with Crippen molar-refractivity contribution in [1.29, 1.82) is 0 Å². The Balaban J connectivity index is 2.22. The zero-order valence-electron chi connectivity index (χ0n) is 9.74. The molecule has 0 aliphatic rings. The number of nitrogens with one attached hydrogen (secondary N) is 2. The van der Waals surface area contributed by atoms with E-state index in [1.165, 1.54) is 7.11 Å². The van der Waals surface area contributed by atoms with Gasteiger partial charge in [-0.1, -0.05) is 23.7 Å². The summed E-state index contributed by atoms with van der Waals surface area (Å²) in [5.74, 6) is 0.302. The molecular formula is C12H12ClN3O2. The van der Waals surface area contributed by atoms with E-state index in [0.717, 1.165) is 11.1 Å². The summed E-state index contributed by atoms with van der Waals surface area (Å²) in [5, 5.41) is 10.0. The second-order valence-corrected chi connectivity index (χ2v) is 4.08. The number of H-pyrrole nitrogens is 1. The van der Waals surface area contributed by atoms with E-state index in [-0.39, 0.29) is 12.5 Å². The Bertz CT molecular complexity index is 537. The van der Waals surface area contributed by atoms with E-state index in [9.17, 15) is 4.79 Å². The number of ether oxygens (including phenoxy) is 1. The van der Waals surface area contributed by atoms with Gasteiger partial charge in [-0.05, 0) is 17.7 Å². The van der Waals surface area contributed by atoms with Gasteiger partial charge in [0.05, 0.1) is 6.20 Å². The van der Waals surface area contributed by atoms with E-state index in [1.54, 1.807) is 18.3 Å². The number of hydrogen-bond acceptors (Lipinski definition) is 3. The van der Waals surface area contributed by atoms with Gasteiger partial charge in [-0.3, -0.25) is 9.89 Å². The second-order valence-electron chi connectivity index (χ2n) is 3.65. The minimum absolute atomic E-state index is 0.000915. The molecule has 5 nitrogen and oxygen atoms in total. The van der Waals surface area contributed by atoms with E-state index in [4.69, 9.17) is 16.3 Å². The number of rotatable bonds is 4. The molecule has 2 rings (SSSR count). The Kier molecular flexibility index (Phi) is 3.96. The van der Waals surface area contributed by atoms with Crippen LogP contribution in [0.2, 0.25) is 5.02 Å². The molecule has 0 spiro atoms. The first-order chi connectivity index (χ1) is 8.70. The van der Waals surface area contributed by atoms with E-state index in [2.05, 4.69) is 15.5 Å². The minimum Gasteiger partial charge on any atom is -0.375 e. The molecule has 0 fully saturated rings. The standard InChI is InChI=1S/C12H12ClN3O2/c1-18-7-11(17)15-12-10(6-14-16-12)8-2-4-9(13)5-3-8/h2-6H,7H2,1H3,(H2,14,15,16,17). The van der Waals surface area contributed by atoms with Gasteiger partial charge < -0.3 is 10.1 Å².